The van der Waals surface area contributed by atoms with Crippen LogP contribution in [0.25, 0.3) is 22.3 Å². The molecule has 0 aliphatic heterocycles. The first-order valence-corrected chi connectivity index (χ1v) is 18.8. The van der Waals surface area contributed by atoms with Crippen LogP contribution in [0.1, 0.15) is 76.1 Å². The number of anilines is 2. The zero-order valence-corrected chi connectivity index (χ0v) is 38.8. The van der Waals surface area contributed by atoms with Gasteiger partial charge in [-0.15, -0.1) is 6.92 Å². The number of carbonyl (C=O) groups excluding carboxylic acids is 4. The molecule has 4 amide bonds. The molecule has 62 heavy (non-hydrogen) atoms. The number of para-hydroxylation sites is 2. The van der Waals surface area contributed by atoms with Crippen LogP contribution in [0.3, 0.4) is 0 Å². The molecule has 12 heteroatoms. The van der Waals surface area contributed by atoms with E-state index in [0.29, 0.717) is 55.9 Å². The first-order chi connectivity index (χ1) is 27.8. The van der Waals surface area contributed by atoms with Gasteiger partial charge in [-0.1, -0.05) is 142 Å². The second-order valence-electron chi connectivity index (χ2n) is 14.2. The van der Waals surface area contributed by atoms with Gasteiger partial charge in [0.15, 0.2) is 0 Å². The molecule has 1 aliphatic rings. The Kier molecular flexibility index (Phi) is 22.1. The van der Waals surface area contributed by atoms with Gasteiger partial charge in [0, 0.05) is 33.6 Å². The van der Waals surface area contributed by atoms with Crippen molar-refractivity contribution >= 4 is 35.0 Å². The molecule has 0 fully saturated rings. The van der Waals surface area contributed by atoms with Crippen LogP contribution in [0, 0.1) is 11.5 Å². The minimum atomic E-state index is -0.524. The Labute approximate surface area is 397 Å². The van der Waals surface area contributed by atoms with Gasteiger partial charge in [-0.2, -0.15) is 11.1 Å². The third-order valence-electron chi connectivity index (χ3n) is 9.93. The molecule has 1 aliphatic carbocycles. The molecule has 0 aromatic heterocycles. The molecule has 6 N–H and O–H groups in total. The van der Waals surface area contributed by atoms with Gasteiger partial charge in [-0.3, -0.25) is 25.3 Å². The molecule has 0 unspecified atom stereocenters. The summed E-state index contributed by atoms with van der Waals surface area (Å²) in [5.74, 6) is -1.53. The fourth-order valence-corrected chi connectivity index (χ4v) is 6.54. The summed E-state index contributed by atoms with van der Waals surface area (Å²) < 4.78 is 0. The van der Waals surface area contributed by atoms with Crippen molar-refractivity contribution in [2.24, 2.45) is 16.9 Å². The number of benzene rings is 6. The summed E-state index contributed by atoms with van der Waals surface area (Å²) in [4.78, 5) is 48.7. The predicted octanol–water partition coefficient (Wildman–Crippen LogP) is 1.53. The summed E-state index contributed by atoms with van der Waals surface area (Å²) >= 11 is 0. The van der Waals surface area contributed by atoms with Crippen molar-refractivity contribution < 1.29 is 78.1 Å². The predicted molar refractivity (Wildman–Crippen MR) is 234 cm³/mol. The molecule has 316 valence electrons. The maximum atomic E-state index is 12.7. The Balaban J connectivity index is 0.000000484. The van der Waals surface area contributed by atoms with Crippen molar-refractivity contribution in [2.75, 3.05) is 10.6 Å². The minimum Gasteiger partial charge on any atom is -1.00 e. The summed E-state index contributed by atoms with van der Waals surface area (Å²) in [7, 11) is 0. The van der Waals surface area contributed by atoms with Gasteiger partial charge in [0.1, 0.15) is 0 Å². The van der Waals surface area contributed by atoms with Crippen LogP contribution in [0.2, 0.25) is 0 Å². The monoisotopic (exact) mass is 920 g/mol. The summed E-state index contributed by atoms with van der Waals surface area (Å²) in [6, 6.07) is 46.7. The van der Waals surface area contributed by atoms with Gasteiger partial charge in [-0.05, 0) is 70.8 Å². The molecule has 0 saturated heterocycles. The number of halogens is 3. The van der Waals surface area contributed by atoms with Gasteiger partial charge in [0.05, 0.1) is 0 Å². The van der Waals surface area contributed by atoms with Crippen LogP contribution in [-0.2, 0) is 21.7 Å². The molecule has 7 rings (SSSR count). The second kappa shape index (κ2) is 25.3. The molecule has 8 nitrogen and oxygen atoms in total. The van der Waals surface area contributed by atoms with Crippen LogP contribution in [0.15, 0.2) is 174 Å². The number of primary amides is 2. The van der Waals surface area contributed by atoms with Gasteiger partial charge >= 0.3 is 21.7 Å². The third-order valence-corrected chi connectivity index (χ3v) is 9.93. The molecule has 6 aromatic carbocycles. The Morgan fingerprint density at radius 1 is 0.452 bits per heavy atom. The van der Waals surface area contributed by atoms with E-state index in [2.05, 4.69) is 51.3 Å². The van der Waals surface area contributed by atoms with Gasteiger partial charge in [0.2, 0.25) is 11.8 Å². The molecule has 0 bridgehead atoms. The first kappa shape index (κ1) is 54.3. The van der Waals surface area contributed by atoms with Crippen molar-refractivity contribution in [2.45, 2.75) is 34.6 Å². The van der Waals surface area contributed by atoms with Gasteiger partial charge in [-0.25, -0.2) is 5.57 Å². The van der Waals surface area contributed by atoms with E-state index in [1.807, 2.05) is 97.1 Å². The number of amides is 4. The standard InChI is InChI=1S/2C20H16N2O2.C10H15.3ClH.Ti/c2*21-19(23)17-12-6-4-10-15(17)16-11-5-7-13-18(16)20(24)22-14-8-2-1-3-9-14;1-7-6-10(4,5)9(3)8(7)2;;;;/h2*1-13H,(H2,21,23)(H,22,24);1-5H3;3*1H;/q;;-1;;;;+4/p-3. The Morgan fingerprint density at radius 3 is 0.984 bits per heavy atom. The van der Waals surface area contributed by atoms with Crippen molar-refractivity contribution in [1.82, 2.24) is 0 Å². The Morgan fingerprint density at radius 2 is 0.726 bits per heavy atom. The maximum absolute atomic E-state index is 12.7. The van der Waals surface area contributed by atoms with Crippen molar-refractivity contribution in [1.29, 1.82) is 0 Å². The minimum absolute atomic E-state index is 0. The number of nitrogens with two attached hydrogens (primary N) is 2. The van der Waals surface area contributed by atoms with E-state index in [1.54, 1.807) is 60.7 Å². The van der Waals surface area contributed by atoms with E-state index in [0.717, 1.165) is 0 Å². The summed E-state index contributed by atoms with van der Waals surface area (Å²) in [6.07, 6.45) is 3.44. The van der Waals surface area contributed by atoms with E-state index >= 15 is 0 Å². The van der Waals surface area contributed by atoms with Crippen molar-refractivity contribution in [3.05, 3.63) is 203 Å². The molecule has 0 heterocycles. The average molecular weight is 922 g/mol. The topological polar surface area (TPSA) is 144 Å². The third kappa shape index (κ3) is 13.9. The molecular formula is C50H47Cl3N4O4Ti. The van der Waals surface area contributed by atoms with Gasteiger partial charge in [0.25, 0.3) is 11.8 Å². The normalized spacial score (nSPS) is 11.7. The molecule has 6 aromatic rings. The Hall–Kier alpha value is -5.74. The number of carbonyl (C=O) groups is 4. The second-order valence-corrected chi connectivity index (χ2v) is 14.2. The van der Waals surface area contributed by atoms with Crippen LogP contribution >= 0.6 is 0 Å². The molecule has 0 spiro atoms. The number of rotatable bonds is 8. The largest absolute Gasteiger partial charge is 4.00 e. The number of allylic oxidation sites excluding steroid dienone is 4. The maximum Gasteiger partial charge on any atom is 4.00 e. The van der Waals surface area contributed by atoms with Crippen molar-refractivity contribution in [3.8, 4) is 22.3 Å². The van der Waals surface area contributed by atoms with Gasteiger partial charge < -0.3 is 59.3 Å². The zero-order chi connectivity index (χ0) is 41.8. The number of hydrogen-bond acceptors (Lipinski definition) is 4. The number of nitrogens with one attached hydrogen (secondary N) is 2. The fourth-order valence-electron chi connectivity index (χ4n) is 6.54. The van der Waals surface area contributed by atoms with E-state index < -0.39 is 11.8 Å². The Bertz CT molecular complexity index is 2380. The summed E-state index contributed by atoms with van der Waals surface area (Å²) in [5.41, 5.74) is 21.1. The van der Waals surface area contributed by atoms with Crippen molar-refractivity contribution in [3.63, 3.8) is 0 Å². The molecule has 0 atom stereocenters. The van der Waals surface area contributed by atoms with Crippen LogP contribution in [0.4, 0.5) is 11.4 Å². The van der Waals surface area contributed by atoms with E-state index in [4.69, 9.17) is 11.5 Å². The van der Waals surface area contributed by atoms with Crippen LogP contribution in [-0.4, -0.2) is 23.6 Å². The van der Waals surface area contributed by atoms with E-state index in [-0.39, 0.29) is 76.2 Å². The SMILES string of the molecule is CC1=[C-]C(C)(C)C(C)=C1C.NC(=O)c1ccccc1-c1ccccc1C(=O)Nc1ccccc1.NC(=O)c1ccccc1-c1ccccc1C(=O)Nc1ccccc1.[Cl-].[Cl-].[Cl-].[Ti+4]. The quantitative estimate of drug-likeness (QED) is 0.136. The van der Waals surface area contributed by atoms with Crippen LogP contribution < -0.4 is 59.3 Å². The summed E-state index contributed by atoms with van der Waals surface area (Å²) in [6.45, 7) is 10.9. The first-order valence-electron chi connectivity index (χ1n) is 18.8. The molecular weight excluding hydrogens is 875 g/mol. The summed E-state index contributed by atoms with van der Waals surface area (Å²) in [5, 5.41) is 5.72. The fraction of sp³-hybridized carbons (Fsp3) is 0.120. The van der Waals surface area contributed by atoms with E-state index in [1.165, 1.54) is 16.7 Å². The zero-order valence-electron chi connectivity index (χ0n) is 34.9. The smallest absolute Gasteiger partial charge is 1.00 e. The van der Waals surface area contributed by atoms with E-state index in [9.17, 15) is 19.2 Å². The number of hydrogen-bond donors (Lipinski definition) is 4. The average Bonchev–Trinajstić information content (AvgIpc) is 3.41. The molecule has 0 radical (unpaired) electrons. The molecule has 0 saturated carbocycles. The van der Waals surface area contributed by atoms with Crippen LogP contribution in [0.5, 0.6) is 0 Å².